The van der Waals surface area contributed by atoms with E-state index < -0.39 is 18.1 Å². The maximum absolute atomic E-state index is 13.6. The number of nitrogens with zero attached hydrogens (tertiary/aromatic N) is 3. The van der Waals surface area contributed by atoms with Crippen LogP contribution in [-0.2, 0) is 11.2 Å². The van der Waals surface area contributed by atoms with Gasteiger partial charge in [0.1, 0.15) is 30.3 Å². The van der Waals surface area contributed by atoms with Crippen LogP contribution in [0.1, 0.15) is 34.9 Å². The van der Waals surface area contributed by atoms with Gasteiger partial charge in [-0.05, 0) is 36.8 Å². The lowest BCUT2D eigenvalue weighted by Crippen LogP contribution is -2.37. The molecule has 9 nitrogen and oxygen atoms in total. The van der Waals surface area contributed by atoms with Crippen molar-refractivity contribution in [1.82, 2.24) is 25.2 Å². The average molecular weight is 582 g/mol. The number of ether oxygens (including phenoxy) is 1. The molecule has 0 saturated carbocycles. The lowest BCUT2D eigenvalue weighted by Gasteiger charge is -2.23. The third-order valence-corrected chi connectivity index (χ3v) is 7.24. The maximum atomic E-state index is 13.6. The minimum atomic E-state index is -0.834. The summed E-state index contributed by atoms with van der Waals surface area (Å²) < 4.78 is 6.36. The molecule has 2 atom stereocenters. The van der Waals surface area contributed by atoms with Gasteiger partial charge in [-0.3, -0.25) is 9.69 Å². The molecule has 0 bridgehead atoms. The van der Waals surface area contributed by atoms with Gasteiger partial charge in [0, 0.05) is 27.5 Å². The second-order valence-corrected chi connectivity index (χ2v) is 10.2. The average Bonchev–Trinajstić information content (AvgIpc) is 3.62. The summed E-state index contributed by atoms with van der Waals surface area (Å²) in [5, 5.41) is 13.7. The number of hydrogen-bond donors (Lipinski definition) is 3. The van der Waals surface area contributed by atoms with Crippen molar-refractivity contribution in [1.29, 1.82) is 0 Å². The summed E-state index contributed by atoms with van der Waals surface area (Å²) in [6.45, 7) is 2.00. The number of hydrogen-bond acceptors (Lipinski definition) is 7. The molecule has 190 valence electrons. The van der Waals surface area contributed by atoms with Crippen molar-refractivity contribution in [2.75, 3.05) is 13.2 Å². The van der Waals surface area contributed by atoms with Crippen LogP contribution in [0.3, 0.4) is 0 Å². The smallest absolute Gasteiger partial charge is 0.325 e. The Labute approximate surface area is 225 Å². The Morgan fingerprint density at radius 2 is 1.92 bits per heavy atom. The van der Waals surface area contributed by atoms with E-state index in [4.69, 9.17) is 14.8 Å². The van der Waals surface area contributed by atoms with E-state index in [0.717, 1.165) is 27.1 Å². The molecular weight excluding hydrogens is 558 g/mol. The molecule has 37 heavy (non-hydrogen) atoms. The Bertz CT molecular complexity index is 1390. The zero-order chi connectivity index (χ0) is 25.9. The highest BCUT2D eigenvalue weighted by Crippen LogP contribution is 2.34. The lowest BCUT2D eigenvalue weighted by molar-refractivity contribution is -0.129. The number of thiazole rings is 1. The number of urea groups is 1. The number of halogens is 1. The molecule has 0 spiro atoms. The first-order valence-electron chi connectivity index (χ1n) is 11.6. The van der Waals surface area contributed by atoms with Gasteiger partial charge in [0.2, 0.25) is 0 Å². The Balaban J connectivity index is 1.46. The summed E-state index contributed by atoms with van der Waals surface area (Å²) in [5.41, 5.74) is 5.64. The van der Waals surface area contributed by atoms with Crippen molar-refractivity contribution in [3.05, 3.63) is 86.7 Å². The van der Waals surface area contributed by atoms with Crippen LogP contribution in [0.4, 0.5) is 4.79 Å². The van der Waals surface area contributed by atoms with Crippen molar-refractivity contribution in [3.8, 4) is 17.0 Å². The maximum Gasteiger partial charge on any atom is 0.325 e. The number of amides is 3. The van der Waals surface area contributed by atoms with E-state index in [1.807, 2.05) is 36.6 Å². The van der Waals surface area contributed by atoms with E-state index in [2.05, 4.69) is 31.2 Å². The summed E-state index contributed by atoms with van der Waals surface area (Å²) in [7, 11) is 0. The van der Waals surface area contributed by atoms with Crippen LogP contribution < -0.4 is 10.1 Å². The first-order valence-corrected chi connectivity index (χ1v) is 13.3. The largest absolute Gasteiger partial charge is 0.491 e. The second kappa shape index (κ2) is 10.8. The minimum absolute atomic E-state index is 0.0932. The number of H-pyrrole nitrogens is 1. The van der Waals surface area contributed by atoms with E-state index in [1.54, 1.807) is 29.8 Å². The van der Waals surface area contributed by atoms with E-state index in [0.29, 0.717) is 23.6 Å². The van der Waals surface area contributed by atoms with Gasteiger partial charge in [-0.2, -0.15) is 0 Å². The van der Waals surface area contributed by atoms with Crippen LogP contribution >= 0.6 is 27.3 Å². The molecule has 1 saturated heterocycles. The molecular formula is C26H24BrN5O4S. The molecule has 0 radical (unpaired) electrons. The van der Waals surface area contributed by atoms with Gasteiger partial charge in [-0.25, -0.2) is 14.8 Å². The molecule has 2 aromatic heterocycles. The highest BCUT2D eigenvalue weighted by atomic mass is 79.9. The molecule has 1 aliphatic heterocycles. The lowest BCUT2D eigenvalue weighted by atomic mass is 10.1. The third kappa shape index (κ3) is 5.29. The Morgan fingerprint density at radius 1 is 1.16 bits per heavy atom. The first-order chi connectivity index (χ1) is 17.9. The molecule has 1 aliphatic rings. The molecule has 4 aromatic rings. The zero-order valence-corrected chi connectivity index (χ0v) is 22.3. The second-order valence-electron chi connectivity index (χ2n) is 8.53. The predicted molar refractivity (Wildman–Crippen MR) is 142 cm³/mol. The summed E-state index contributed by atoms with van der Waals surface area (Å²) in [6.07, 6.45) is 0.329. The van der Waals surface area contributed by atoms with Crippen molar-refractivity contribution in [2.24, 2.45) is 0 Å². The van der Waals surface area contributed by atoms with Gasteiger partial charge in [-0.1, -0.05) is 40.2 Å². The van der Waals surface area contributed by atoms with Gasteiger partial charge in [-0.15, -0.1) is 11.3 Å². The fourth-order valence-electron chi connectivity index (χ4n) is 4.31. The van der Waals surface area contributed by atoms with Crippen molar-refractivity contribution < 1.29 is 19.4 Å². The summed E-state index contributed by atoms with van der Waals surface area (Å²) >= 11 is 4.91. The highest BCUT2D eigenvalue weighted by Gasteiger charge is 2.44. The number of carbonyl (C=O) groups is 2. The fraction of sp³-hybridized carbons (Fsp3) is 0.231. The van der Waals surface area contributed by atoms with E-state index in [1.165, 1.54) is 16.2 Å². The molecule has 11 heteroatoms. The standard InChI is InChI=1S/C26H24BrN5O4S/c1-15-22(16-2-6-18(27)7-3-16)30-24(29-15)21(12-19-13-37-14-28-19)32-25(34)23(31-26(32)35)17-4-8-20(9-5-17)36-11-10-33/h2-9,13-14,21,23,33H,10-12H2,1H3,(H,29,30)(H,31,35)/t21-,23?/m0/s1. The van der Waals surface area contributed by atoms with Gasteiger partial charge in [0.05, 0.1) is 23.5 Å². The molecule has 3 heterocycles. The minimum Gasteiger partial charge on any atom is -0.491 e. The third-order valence-electron chi connectivity index (χ3n) is 6.08. The van der Waals surface area contributed by atoms with Crippen molar-refractivity contribution >= 4 is 39.2 Å². The Kier molecular flexibility index (Phi) is 7.36. The number of aromatic amines is 1. The summed E-state index contributed by atoms with van der Waals surface area (Å²) in [4.78, 5) is 40.6. The molecule has 0 aliphatic carbocycles. The summed E-state index contributed by atoms with van der Waals surface area (Å²) in [6, 6.07) is 12.7. The van der Waals surface area contributed by atoms with E-state index in [-0.39, 0.29) is 19.1 Å². The Morgan fingerprint density at radius 3 is 2.59 bits per heavy atom. The van der Waals surface area contributed by atoms with E-state index >= 15 is 0 Å². The van der Waals surface area contributed by atoms with E-state index in [9.17, 15) is 9.59 Å². The molecule has 3 amide bonds. The number of aryl methyl sites for hydroxylation is 1. The predicted octanol–water partition coefficient (Wildman–Crippen LogP) is 4.55. The Hall–Kier alpha value is -3.54. The van der Waals surface area contributed by atoms with Gasteiger partial charge in [0.25, 0.3) is 5.91 Å². The monoisotopic (exact) mass is 581 g/mol. The van der Waals surface area contributed by atoms with Crippen molar-refractivity contribution in [3.63, 3.8) is 0 Å². The number of aliphatic hydroxyl groups is 1. The topological polar surface area (TPSA) is 120 Å². The number of carbonyl (C=O) groups excluding carboxylic acids is 2. The zero-order valence-electron chi connectivity index (χ0n) is 19.8. The van der Waals surface area contributed by atoms with Crippen LogP contribution in [0.25, 0.3) is 11.3 Å². The SMILES string of the molecule is Cc1[nH]c([C@H](Cc2cscn2)N2C(=O)NC(c3ccc(OCCO)cc3)C2=O)nc1-c1ccc(Br)cc1. The van der Waals surface area contributed by atoms with Gasteiger partial charge < -0.3 is 20.1 Å². The van der Waals surface area contributed by atoms with Crippen LogP contribution in [0.5, 0.6) is 5.75 Å². The van der Waals surface area contributed by atoms with Crippen LogP contribution in [0.2, 0.25) is 0 Å². The van der Waals surface area contributed by atoms with Gasteiger partial charge >= 0.3 is 6.03 Å². The number of imide groups is 1. The molecule has 2 aromatic carbocycles. The van der Waals surface area contributed by atoms with Gasteiger partial charge in [0.15, 0.2) is 0 Å². The number of aromatic nitrogens is 3. The quantitative estimate of drug-likeness (QED) is 0.249. The summed E-state index contributed by atoms with van der Waals surface area (Å²) in [5.74, 6) is 0.716. The number of rotatable bonds is 9. The fourth-order valence-corrected chi connectivity index (χ4v) is 5.15. The molecule has 3 N–H and O–H groups in total. The molecule has 1 unspecified atom stereocenters. The number of imidazole rings is 1. The van der Waals surface area contributed by atoms with Crippen LogP contribution in [-0.4, -0.2) is 50.1 Å². The number of benzene rings is 2. The molecule has 5 rings (SSSR count). The number of nitrogens with one attached hydrogen (secondary N) is 2. The van der Waals surface area contributed by atoms with Crippen LogP contribution in [0.15, 0.2) is 63.9 Å². The first kappa shape index (κ1) is 25.1. The number of aliphatic hydroxyl groups excluding tert-OH is 1. The van der Waals surface area contributed by atoms with Crippen molar-refractivity contribution in [2.45, 2.75) is 25.4 Å². The van der Waals surface area contributed by atoms with Crippen LogP contribution in [0, 0.1) is 6.92 Å². The molecule has 1 fully saturated rings. The highest BCUT2D eigenvalue weighted by molar-refractivity contribution is 9.10. The normalized spacial score (nSPS) is 16.2.